The molecule has 0 aromatic rings. The van der Waals surface area contributed by atoms with E-state index in [4.69, 9.17) is 0 Å². The van der Waals surface area contributed by atoms with Gasteiger partial charge in [0, 0.05) is 19.1 Å². The van der Waals surface area contributed by atoms with Gasteiger partial charge in [-0.1, -0.05) is 34.1 Å². The third kappa shape index (κ3) is 4.70. The summed E-state index contributed by atoms with van der Waals surface area (Å²) >= 11 is 0. The number of aliphatic hydroxyl groups is 1. The third-order valence-corrected chi connectivity index (χ3v) is 5.77. The van der Waals surface area contributed by atoms with E-state index < -0.39 is 10.2 Å². The summed E-state index contributed by atoms with van der Waals surface area (Å²) in [7, 11) is -3.48. The lowest BCUT2D eigenvalue weighted by Crippen LogP contribution is -2.51. The molecule has 0 aliphatic carbocycles. The molecule has 0 bridgehead atoms. The minimum Gasteiger partial charge on any atom is -0.395 e. The zero-order valence-electron chi connectivity index (χ0n) is 12.5. The number of nitrogens with one attached hydrogen (secondary N) is 1. The van der Waals surface area contributed by atoms with Crippen LogP contribution in [0.2, 0.25) is 0 Å². The molecular weight excluding hydrogens is 264 g/mol. The predicted octanol–water partition coefficient (Wildman–Crippen LogP) is 1.35. The highest BCUT2D eigenvalue weighted by atomic mass is 32.2. The van der Waals surface area contributed by atoms with Crippen LogP contribution in [0.15, 0.2) is 0 Å². The monoisotopic (exact) mass is 292 g/mol. The van der Waals surface area contributed by atoms with Crippen LogP contribution >= 0.6 is 0 Å². The van der Waals surface area contributed by atoms with E-state index in [0.717, 1.165) is 19.3 Å². The van der Waals surface area contributed by atoms with Gasteiger partial charge in [0.15, 0.2) is 0 Å². The van der Waals surface area contributed by atoms with E-state index in [-0.39, 0.29) is 24.0 Å². The van der Waals surface area contributed by atoms with Gasteiger partial charge in [0.2, 0.25) is 0 Å². The summed E-state index contributed by atoms with van der Waals surface area (Å²) in [6.07, 6.45) is 2.59. The molecule has 2 atom stereocenters. The molecule has 1 heterocycles. The molecule has 5 nitrogen and oxygen atoms in total. The highest BCUT2D eigenvalue weighted by molar-refractivity contribution is 7.87. The Balaban J connectivity index is 2.65. The first-order valence-electron chi connectivity index (χ1n) is 7.06. The van der Waals surface area contributed by atoms with E-state index in [1.807, 2.05) is 6.92 Å². The van der Waals surface area contributed by atoms with Crippen LogP contribution in [0.3, 0.4) is 0 Å². The summed E-state index contributed by atoms with van der Waals surface area (Å²) in [6, 6.07) is -0.267. The molecule has 1 rings (SSSR count). The summed E-state index contributed by atoms with van der Waals surface area (Å²) < 4.78 is 28.7. The van der Waals surface area contributed by atoms with Crippen molar-refractivity contribution in [3.63, 3.8) is 0 Å². The van der Waals surface area contributed by atoms with E-state index >= 15 is 0 Å². The minimum atomic E-state index is -3.48. The van der Waals surface area contributed by atoms with Crippen molar-refractivity contribution in [1.82, 2.24) is 9.03 Å². The highest BCUT2D eigenvalue weighted by Crippen LogP contribution is 2.25. The average Bonchev–Trinajstić information content (AvgIpc) is 2.34. The van der Waals surface area contributed by atoms with Gasteiger partial charge in [0.05, 0.1) is 6.61 Å². The smallest absolute Gasteiger partial charge is 0.279 e. The van der Waals surface area contributed by atoms with Crippen LogP contribution in [-0.2, 0) is 10.2 Å². The second kappa shape index (κ2) is 6.52. The Morgan fingerprint density at radius 1 is 1.37 bits per heavy atom. The topological polar surface area (TPSA) is 69.6 Å². The predicted molar refractivity (Wildman–Crippen MR) is 77.0 cm³/mol. The summed E-state index contributed by atoms with van der Waals surface area (Å²) in [4.78, 5) is 0. The molecule has 0 spiro atoms. The number of piperidine rings is 1. The molecule has 1 aliphatic heterocycles. The van der Waals surface area contributed by atoms with Crippen LogP contribution in [0, 0.1) is 11.3 Å². The fourth-order valence-corrected chi connectivity index (χ4v) is 3.65. The molecule has 19 heavy (non-hydrogen) atoms. The normalized spacial score (nSPS) is 24.4. The Kier molecular flexibility index (Phi) is 5.79. The van der Waals surface area contributed by atoms with Crippen molar-refractivity contribution in [1.29, 1.82) is 0 Å². The molecule has 0 aromatic heterocycles. The molecule has 1 fully saturated rings. The van der Waals surface area contributed by atoms with Gasteiger partial charge in [-0.05, 0) is 24.2 Å². The third-order valence-electron chi connectivity index (χ3n) is 4.14. The molecule has 114 valence electrons. The maximum absolute atomic E-state index is 12.3. The molecule has 0 amide bonds. The second-order valence-corrected chi connectivity index (χ2v) is 8.27. The summed E-state index contributed by atoms with van der Waals surface area (Å²) in [6.45, 7) is 9.18. The van der Waals surface area contributed by atoms with Crippen molar-refractivity contribution in [2.24, 2.45) is 11.3 Å². The van der Waals surface area contributed by atoms with Gasteiger partial charge < -0.3 is 5.11 Å². The first kappa shape index (κ1) is 16.9. The van der Waals surface area contributed by atoms with Crippen molar-refractivity contribution >= 4 is 10.2 Å². The Hall–Kier alpha value is -0.170. The van der Waals surface area contributed by atoms with Crippen LogP contribution in [0.5, 0.6) is 0 Å². The van der Waals surface area contributed by atoms with Gasteiger partial charge in [0.25, 0.3) is 10.2 Å². The molecule has 0 saturated carbocycles. The minimum absolute atomic E-state index is 0.0702. The lowest BCUT2D eigenvalue weighted by molar-refractivity contribution is 0.153. The molecule has 2 unspecified atom stereocenters. The van der Waals surface area contributed by atoms with Crippen LogP contribution < -0.4 is 4.72 Å². The second-order valence-electron chi connectivity index (χ2n) is 6.56. The van der Waals surface area contributed by atoms with Crippen molar-refractivity contribution in [3.05, 3.63) is 0 Å². The van der Waals surface area contributed by atoms with Crippen LogP contribution in [0.25, 0.3) is 0 Å². The SMILES string of the molecule is CC(CNS(=O)(=O)N1CCCCC1CO)C(C)(C)C. The van der Waals surface area contributed by atoms with E-state index in [2.05, 4.69) is 25.5 Å². The van der Waals surface area contributed by atoms with Gasteiger partial charge >= 0.3 is 0 Å². The van der Waals surface area contributed by atoms with Crippen molar-refractivity contribution in [2.45, 2.75) is 53.0 Å². The Morgan fingerprint density at radius 3 is 2.53 bits per heavy atom. The van der Waals surface area contributed by atoms with Gasteiger partial charge in [-0.25, -0.2) is 4.72 Å². The summed E-state index contributed by atoms with van der Waals surface area (Å²) in [5, 5.41) is 9.30. The van der Waals surface area contributed by atoms with E-state index in [1.165, 1.54) is 4.31 Å². The van der Waals surface area contributed by atoms with Crippen LogP contribution in [0.4, 0.5) is 0 Å². The van der Waals surface area contributed by atoms with Crippen molar-refractivity contribution in [3.8, 4) is 0 Å². The Bertz CT molecular complexity index is 376. The first-order valence-corrected chi connectivity index (χ1v) is 8.50. The summed E-state index contributed by atoms with van der Waals surface area (Å²) in [5.41, 5.74) is 0.0702. The average molecular weight is 292 g/mol. The standard InChI is InChI=1S/C13H28N2O3S/c1-11(13(2,3)4)9-14-19(17,18)15-8-6-5-7-12(15)10-16/h11-12,14,16H,5-10H2,1-4H3. The first-order chi connectivity index (χ1) is 8.68. The maximum Gasteiger partial charge on any atom is 0.279 e. The lowest BCUT2D eigenvalue weighted by atomic mass is 9.82. The number of hydrogen-bond acceptors (Lipinski definition) is 3. The maximum atomic E-state index is 12.3. The van der Waals surface area contributed by atoms with Crippen molar-refractivity contribution < 1.29 is 13.5 Å². The number of nitrogens with zero attached hydrogens (tertiary/aromatic N) is 1. The number of hydrogen-bond donors (Lipinski definition) is 2. The zero-order valence-corrected chi connectivity index (χ0v) is 13.3. The zero-order chi connectivity index (χ0) is 14.7. The largest absolute Gasteiger partial charge is 0.395 e. The fourth-order valence-electron chi connectivity index (χ4n) is 2.09. The van der Waals surface area contributed by atoms with E-state index in [9.17, 15) is 13.5 Å². The van der Waals surface area contributed by atoms with Gasteiger partial charge in [0.1, 0.15) is 0 Å². The fraction of sp³-hybridized carbons (Fsp3) is 1.00. The van der Waals surface area contributed by atoms with E-state index in [0.29, 0.717) is 13.1 Å². The van der Waals surface area contributed by atoms with Crippen LogP contribution in [0.1, 0.15) is 47.0 Å². The van der Waals surface area contributed by atoms with Crippen LogP contribution in [-0.4, -0.2) is 43.6 Å². The molecular formula is C13H28N2O3S. The molecule has 0 aromatic carbocycles. The number of aliphatic hydroxyl groups excluding tert-OH is 1. The lowest BCUT2D eigenvalue weighted by Gasteiger charge is -2.34. The van der Waals surface area contributed by atoms with Crippen molar-refractivity contribution in [2.75, 3.05) is 19.7 Å². The quantitative estimate of drug-likeness (QED) is 0.803. The molecule has 1 saturated heterocycles. The molecule has 0 radical (unpaired) electrons. The Labute approximate surface area is 117 Å². The van der Waals surface area contributed by atoms with Gasteiger partial charge in [-0.3, -0.25) is 0 Å². The van der Waals surface area contributed by atoms with E-state index in [1.54, 1.807) is 0 Å². The molecule has 1 aliphatic rings. The van der Waals surface area contributed by atoms with Gasteiger partial charge in [-0.15, -0.1) is 0 Å². The molecule has 6 heteroatoms. The number of rotatable bonds is 5. The highest BCUT2D eigenvalue weighted by Gasteiger charge is 2.32. The van der Waals surface area contributed by atoms with Gasteiger partial charge in [-0.2, -0.15) is 12.7 Å². The molecule has 2 N–H and O–H groups in total. The summed E-state index contributed by atoms with van der Waals surface area (Å²) in [5.74, 6) is 0.250. The Morgan fingerprint density at radius 2 is 2.00 bits per heavy atom.